The lowest BCUT2D eigenvalue weighted by molar-refractivity contribution is 0.501. The van der Waals surface area contributed by atoms with Crippen molar-refractivity contribution in [3.05, 3.63) is 83.9 Å². The molecule has 1 atom stereocenters. The average Bonchev–Trinajstić information content (AvgIpc) is 2.56. The van der Waals surface area contributed by atoms with Gasteiger partial charge in [0, 0.05) is 15.6 Å². The van der Waals surface area contributed by atoms with Crippen LogP contribution in [-0.4, -0.2) is 4.89 Å². The Morgan fingerprint density at radius 1 is 0.773 bits per heavy atom. The molecule has 0 amide bonds. The Morgan fingerprint density at radius 3 is 2.05 bits per heavy atom. The predicted molar refractivity (Wildman–Crippen MR) is 92.4 cm³/mol. The molecule has 22 heavy (non-hydrogen) atoms. The molecule has 3 aromatic carbocycles. The normalized spacial score (nSPS) is 13.5. The third-order valence-electron chi connectivity index (χ3n) is 3.49. The molecule has 0 aromatic heterocycles. The lowest BCUT2D eigenvalue weighted by Crippen LogP contribution is -2.17. The molecule has 1 N–H and O–H groups in total. The Bertz CT molecular complexity index is 829. The highest BCUT2D eigenvalue weighted by molar-refractivity contribution is 7.73. The van der Waals surface area contributed by atoms with Crippen molar-refractivity contribution in [2.45, 2.75) is 0 Å². The zero-order chi connectivity index (χ0) is 15.6. The summed E-state index contributed by atoms with van der Waals surface area (Å²) < 4.78 is 13.0. The Hall–Kier alpha value is -1.86. The van der Waals surface area contributed by atoms with E-state index in [0.717, 1.165) is 11.1 Å². The summed E-state index contributed by atoms with van der Waals surface area (Å²) in [6.45, 7) is 0. The van der Waals surface area contributed by atoms with E-state index in [9.17, 15) is 9.46 Å². The second-order valence-corrected chi connectivity index (χ2v) is 7.52. The van der Waals surface area contributed by atoms with Crippen LogP contribution in [0.2, 0.25) is 5.02 Å². The first-order chi connectivity index (χ1) is 10.6. The number of rotatable bonds is 3. The molecular weight excluding hydrogens is 315 g/mol. The van der Waals surface area contributed by atoms with Gasteiger partial charge in [0.05, 0.1) is 0 Å². The van der Waals surface area contributed by atoms with E-state index in [0.29, 0.717) is 15.6 Å². The largest absolute Gasteiger partial charge is 0.338 e. The van der Waals surface area contributed by atoms with Crippen molar-refractivity contribution in [2.24, 2.45) is 0 Å². The first kappa shape index (κ1) is 15.1. The van der Waals surface area contributed by atoms with Crippen LogP contribution in [0.5, 0.6) is 0 Å². The first-order valence-corrected chi connectivity index (χ1v) is 8.87. The fourth-order valence-corrected chi connectivity index (χ4v) is 4.18. The van der Waals surface area contributed by atoms with Crippen molar-refractivity contribution in [3.8, 4) is 11.1 Å². The van der Waals surface area contributed by atoms with E-state index in [1.165, 1.54) is 0 Å². The molecule has 0 aliphatic rings. The molecule has 0 aliphatic carbocycles. The van der Waals surface area contributed by atoms with Gasteiger partial charge in [-0.3, -0.25) is 4.57 Å². The van der Waals surface area contributed by atoms with E-state index in [2.05, 4.69) is 0 Å². The molecule has 0 saturated carbocycles. The molecule has 0 heterocycles. The molecule has 0 fully saturated rings. The highest BCUT2D eigenvalue weighted by Gasteiger charge is 2.26. The van der Waals surface area contributed by atoms with Gasteiger partial charge in [-0.2, -0.15) is 0 Å². The molecule has 0 saturated heterocycles. The van der Waals surface area contributed by atoms with Crippen LogP contribution in [0.3, 0.4) is 0 Å². The average molecular weight is 329 g/mol. The lowest BCUT2D eigenvalue weighted by Gasteiger charge is -2.16. The molecular formula is C18H14ClO2P. The predicted octanol–water partition coefficient (Wildman–Crippen LogP) is 4.23. The molecule has 2 nitrogen and oxygen atoms in total. The van der Waals surface area contributed by atoms with E-state index in [-0.39, 0.29) is 0 Å². The van der Waals surface area contributed by atoms with Crippen molar-refractivity contribution in [1.29, 1.82) is 0 Å². The first-order valence-electron chi connectivity index (χ1n) is 6.83. The minimum absolute atomic E-state index is 0.427. The van der Waals surface area contributed by atoms with Crippen molar-refractivity contribution in [3.63, 3.8) is 0 Å². The van der Waals surface area contributed by atoms with Crippen LogP contribution in [0, 0.1) is 0 Å². The van der Waals surface area contributed by atoms with Crippen molar-refractivity contribution >= 4 is 29.6 Å². The van der Waals surface area contributed by atoms with Crippen LogP contribution in [0.1, 0.15) is 0 Å². The summed E-state index contributed by atoms with van der Waals surface area (Å²) in [5.74, 6) is 0. The lowest BCUT2D eigenvalue weighted by atomic mass is 10.1. The summed E-state index contributed by atoms with van der Waals surface area (Å²) in [4.78, 5) is 10.7. The Balaban J connectivity index is 2.16. The van der Waals surface area contributed by atoms with E-state index in [4.69, 9.17) is 11.6 Å². The molecule has 0 spiro atoms. The molecule has 1 unspecified atom stereocenters. The minimum Gasteiger partial charge on any atom is -0.338 e. The van der Waals surface area contributed by atoms with Gasteiger partial charge in [0.1, 0.15) is 0 Å². The number of halogens is 1. The van der Waals surface area contributed by atoms with Crippen LogP contribution in [0.25, 0.3) is 11.1 Å². The number of hydrogen-bond acceptors (Lipinski definition) is 1. The summed E-state index contributed by atoms with van der Waals surface area (Å²) in [5.41, 5.74) is 1.61. The number of hydrogen-bond donors (Lipinski definition) is 1. The van der Waals surface area contributed by atoms with Crippen LogP contribution < -0.4 is 10.6 Å². The van der Waals surface area contributed by atoms with E-state index in [1.807, 2.05) is 30.3 Å². The zero-order valence-electron chi connectivity index (χ0n) is 11.7. The molecule has 4 heteroatoms. The maximum atomic E-state index is 13.0. The monoisotopic (exact) mass is 328 g/mol. The van der Waals surface area contributed by atoms with Crippen LogP contribution in [-0.2, 0) is 4.57 Å². The van der Waals surface area contributed by atoms with E-state index >= 15 is 0 Å². The maximum Gasteiger partial charge on any atom is 0.259 e. The topological polar surface area (TPSA) is 37.3 Å². The minimum atomic E-state index is -3.65. The molecule has 0 radical (unpaired) electrons. The van der Waals surface area contributed by atoms with Gasteiger partial charge < -0.3 is 4.89 Å². The van der Waals surface area contributed by atoms with Gasteiger partial charge in [0.25, 0.3) is 7.37 Å². The summed E-state index contributed by atoms with van der Waals surface area (Å²) in [7, 11) is -3.65. The summed E-state index contributed by atoms with van der Waals surface area (Å²) in [5, 5.41) is 1.50. The van der Waals surface area contributed by atoms with Gasteiger partial charge >= 0.3 is 0 Å². The zero-order valence-corrected chi connectivity index (χ0v) is 13.3. The highest BCUT2D eigenvalue weighted by Crippen LogP contribution is 2.41. The van der Waals surface area contributed by atoms with E-state index in [1.54, 1.807) is 48.5 Å². The number of benzene rings is 3. The Morgan fingerprint density at radius 2 is 1.36 bits per heavy atom. The van der Waals surface area contributed by atoms with Crippen LogP contribution >= 0.6 is 19.0 Å². The quantitative estimate of drug-likeness (QED) is 0.731. The molecule has 3 rings (SSSR count). The van der Waals surface area contributed by atoms with Gasteiger partial charge in [-0.1, -0.05) is 60.1 Å². The van der Waals surface area contributed by atoms with Crippen LogP contribution in [0.15, 0.2) is 78.9 Å². The Labute approximate surface area is 134 Å². The second kappa shape index (κ2) is 6.10. The van der Waals surface area contributed by atoms with Crippen LogP contribution in [0.4, 0.5) is 0 Å². The third kappa shape index (κ3) is 2.86. The molecule has 0 bridgehead atoms. The molecule has 3 aromatic rings. The summed E-state index contributed by atoms with van der Waals surface area (Å²) in [6.07, 6.45) is 0. The highest BCUT2D eigenvalue weighted by atomic mass is 35.5. The third-order valence-corrected chi connectivity index (χ3v) is 5.79. The Kier molecular flexibility index (Phi) is 4.17. The van der Waals surface area contributed by atoms with Crippen molar-refractivity contribution < 1.29 is 9.46 Å². The fourth-order valence-electron chi connectivity index (χ4n) is 2.38. The van der Waals surface area contributed by atoms with E-state index < -0.39 is 7.37 Å². The SMILES string of the molecule is O=P(O)(c1ccccc1)c1ccccc1-c1ccc(Cl)cc1. The fraction of sp³-hybridized carbons (Fsp3) is 0. The van der Waals surface area contributed by atoms with Gasteiger partial charge in [0.2, 0.25) is 0 Å². The molecule has 0 aliphatic heterocycles. The maximum absolute atomic E-state index is 13.0. The smallest absolute Gasteiger partial charge is 0.259 e. The summed E-state index contributed by atoms with van der Waals surface area (Å²) in [6, 6.07) is 23.2. The van der Waals surface area contributed by atoms with Gasteiger partial charge in [-0.05, 0) is 41.5 Å². The van der Waals surface area contributed by atoms with Crippen molar-refractivity contribution in [2.75, 3.05) is 0 Å². The standard InChI is InChI=1S/C18H14ClO2P/c19-15-12-10-14(11-13-15)17-8-4-5-9-18(17)22(20,21)16-6-2-1-3-7-16/h1-13H,(H,20,21). The van der Waals surface area contributed by atoms with Gasteiger partial charge in [0.15, 0.2) is 0 Å². The van der Waals surface area contributed by atoms with Crippen molar-refractivity contribution in [1.82, 2.24) is 0 Å². The van der Waals surface area contributed by atoms with Gasteiger partial charge in [-0.25, -0.2) is 0 Å². The molecule has 110 valence electrons. The second-order valence-electron chi connectivity index (χ2n) is 4.94. The van der Waals surface area contributed by atoms with Gasteiger partial charge in [-0.15, -0.1) is 0 Å². The summed E-state index contributed by atoms with van der Waals surface area (Å²) >= 11 is 5.92.